The number of anilines is 2. The number of pyridine rings is 1. The lowest BCUT2D eigenvalue weighted by molar-refractivity contribution is 0.0989. The van der Waals surface area contributed by atoms with Gasteiger partial charge in [-0.1, -0.05) is 0 Å². The molecule has 0 aromatic carbocycles. The molecule has 0 spiro atoms. The van der Waals surface area contributed by atoms with E-state index in [-0.39, 0.29) is 17.6 Å². The number of hydrogen-bond donors (Lipinski definition) is 1. The van der Waals surface area contributed by atoms with E-state index in [9.17, 15) is 4.79 Å². The molecule has 7 heteroatoms. The zero-order valence-corrected chi connectivity index (χ0v) is 14.8. The van der Waals surface area contributed by atoms with Gasteiger partial charge in [0.15, 0.2) is 0 Å². The Hall–Kier alpha value is -2.28. The van der Waals surface area contributed by atoms with Crippen molar-refractivity contribution in [1.82, 2.24) is 14.8 Å². The highest BCUT2D eigenvalue weighted by Gasteiger charge is 2.29. The Labute approximate surface area is 147 Å². The molecule has 0 amide bonds. The van der Waals surface area contributed by atoms with Crippen LogP contribution in [0.4, 0.5) is 11.5 Å². The second kappa shape index (κ2) is 6.55. The van der Waals surface area contributed by atoms with E-state index in [1.165, 1.54) is 5.56 Å². The maximum Gasteiger partial charge on any atom is 0.251 e. The maximum absolute atomic E-state index is 12.3. The van der Waals surface area contributed by atoms with Crippen LogP contribution >= 0.6 is 0 Å². The number of aromatic amines is 1. The minimum atomic E-state index is -0.0528. The molecule has 0 unspecified atom stereocenters. The molecule has 134 valence electrons. The molecule has 2 aliphatic heterocycles. The van der Waals surface area contributed by atoms with Gasteiger partial charge in [-0.25, -0.2) is 0 Å². The van der Waals surface area contributed by atoms with Crippen LogP contribution in [0.25, 0.3) is 0 Å². The monoisotopic (exact) mass is 343 g/mol. The Morgan fingerprint density at radius 2 is 2.16 bits per heavy atom. The molecule has 2 fully saturated rings. The molecule has 0 bridgehead atoms. The number of aryl methyl sites for hydroxylation is 1. The van der Waals surface area contributed by atoms with Crippen LogP contribution in [0.2, 0.25) is 0 Å². The van der Waals surface area contributed by atoms with E-state index in [0.29, 0.717) is 13.2 Å². The molecule has 2 aliphatic rings. The van der Waals surface area contributed by atoms with Gasteiger partial charge in [0.1, 0.15) is 5.82 Å². The van der Waals surface area contributed by atoms with E-state index in [4.69, 9.17) is 4.74 Å². The number of morpholine rings is 1. The molecule has 4 rings (SSSR count). The Balaban J connectivity index is 1.66. The molecule has 0 aliphatic carbocycles. The van der Waals surface area contributed by atoms with Gasteiger partial charge < -0.3 is 19.5 Å². The van der Waals surface area contributed by atoms with Crippen LogP contribution in [-0.2, 0) is 11.8 Å². The summed E-state index contributed by atoms with van der Waals surface area (Å²) in [4.78, 5) is 19.9. The van der Waals surface area contributed by atoms with Gasteiger partial charge in [-0.15, -0.1) is 0 Å². The standard InChI is InChI=1S/C18H25N5O2/c1-13-12-25-7-6-22(13)15-8-17(20-18(24)9-15)23-5-3-4-16(23)14-10-19-21(2)11-14/h8-11,13,16H,3-7,12H2,1-2H3,(H,20,24)/t13-,16+/m1/s1. The number of ether oxygens (including phenoxy) is 1. The Morgan fingerprint density at radius 1 is 1.28 bits per heavy atom. The number of nitrogens with one attached hydrogen (secondary N) is 1. The first kappa shape index (κ1) is 16.2. The summed E-state index contributed by atoms with van der Waals surface area (Å²) in [5.74, 6) is 0.896. The molecular weight excluding hydrogens is 318 g/mol. The van der Waals surface area contributed by atoms with Gasteiger partial charge in [0.25, 0.3) is 5.56 Å². The van der Waals surface area contributed by atoms with Gasteiger partial charge in [-0.3, -0.25) is 9.48 Å². The number of H-pyrrole nitrogens is 1. The third-order valence-electron chi connectivity index (χ3n) is 5.19. The third-order valence-corrected chi connectivity index (χ3v) is 5.19. The van der Waals surface area contributed by atoms with Gasteiger partial charge in [0.05, 0.1) is 25.5 Å². The third kappa shape index (κ3) is 3.16. The highest BCUT2D eigenvalue weighted by molar-refractivity contribution is 5.57. The van der Waals surface area contributed by atoms with Gasteiger partial charge in [0.2, 0.25) is 0 Å². The fraction of sp³-hybridized carbons (Fsp3) is 0.556. The molecule has 25 heavy (non-hydrogen) atoms. The van der Waals surface area contributed by atoms with Gasteiger partial charge in [-0.05, 0) is 19.8 Å². The van der Waals surface area contributed by atoms with Crippen molar-refractivity contribution in [2.75, 3.05) is 36.1 Å². The number of nitrogens with zero attached hydrogens (tertiary/aromatic N) is 4. The Kier molecular flexibility index (Phi) is 4.25. The predicted molar refractivity (Wildman–Crippen MR) is 97.2 cm³/mol. The first-order valence-electron chi connectivity index (χ1n) is 8.96. The maximum atomic E-state index is 12.3. The van der Waals surface area contributed by atoms with Crippen LogP contribution in [0.5, 0.6) is 0 Å². The molecule has 2 atom stereocenters. The quantitative estimate of drug-likeness (QED) is 0.918. The van der Waals surface area contributed by atoms with Gasteiger partial charge in [-0.2, -0.15) is 5.10 Å². The summed E-state index contributed by atoms with van der Waals surface area (Å²) in [5, 5.41) is 4.30. The summed E-state index contributed by atoms with van der Waals surface area (Å²) in [6.07, 6.45) is 6.18. The Morgan fingerprint density at radius 3 is 2.92 bits per heavy atom. The normalized spacial score (nSPS) is 24.1. The molecule has 7 nitrogen and oxygen atoms in total. The van der Waals surface area contributed by atoms with Crippen molar-refractivity contribution in [3.05, 3.63) is 40.4 Å². The van der Waals surface area contributed by atoms with Gasteiger partial charge in [0, 0.05) is 55.8 Å². The topological polar surface area (TPSA) is 66.4 Å². The van der Waals surface area contributed by atoms with Crippen molar-refractivity contribution < 1.29 is 4.74 Å². The predicted octanol–water partition coefficient (Wildman–Crippen LogP) is 1.67. The Bertz CT molecular complexity index is 799. The summed E-state index contributed by atoms with van der Waals surface area (Å²) in [6, 6.07) is 4.34. The fourth-order valence-corrected chi connectivity index (χ4v) is 3.96. The molecule has 2 saturated heterocycles. The SMILES string of the molecule is C[C@@H]1COCCN1c1cc(N2CCC[C@H]2c2cnn(C)c2)[nH]c(=O)c1. The van der Waals surface area contributed by atoms with Crippen molar-refractivity contribution >= 4 is 11.5 Å². The first-order chi connectivity index (χ1) is 12.1. The minimum Gasteiger partial charge on any atom is -0.377 e. The minimum absolute atomic E-state index is 0.0528. The second-order valence-corrected chi connectivity index (χ2v) is 7.00. The zero-order valence-electron chi connectivity index (χ0n) is 14.8. The highest BCUT2D eigenvalue weighted by atomic mass is 16.5. The zero-order chi connectivity index (χ0) is 17.4. The van der Waals surface area contributed by atoms with Crippen molar-refractivity contribution in [3.8, 4) is 0 Å². The van der Waals surface area contributed by atoms with Crippen LogP contribution in [0, 0.1) is 0 Å². The van der Waals surface area contributed by atoms with E-state index in [1.807, 2.05) is 17.9 Å². The number of hydrogen-bond acceptors (Lipinski definition) is 5. The van der Waals surface area contributed by atoms with Crippen molar-refractivity contribution in [2.45, 2.75) is 31.8 Å². The lowest BCUT2D eigenvalue weighted by Gasteiger charge is -2.36. The van der Waals surface area contributed by atoms with Crippen LogP contribution < -0.4 is 15.4 Å². The van der Waals surface area contributed by atoms with E-state index in [1.54, 1.807) is 6.07 Å². The summed E-state index contributed by atoms with van der Waals surface area (Å²) in [5.41, 5.74) is 2.13. The number of rotatable bonds is 3. The molecule has 0 radical (unpaired) electrons. The van der Waals surface area contributed by atoms with Crippen molar-refractivity contribution in [2.24, 2.45) is 7.05 Å². The highest BCUT2D eigenvalue weighted by Crippen LogP contribution is 2.35. The summed E-state index contributed by atoms with van der Waals surface area (Å²) < 4.78 is 7.36. The van der Waals surface area contributed by atoms with E-state index in [2.05, 4.69) is 39.1 Å². The molecular formula is C18H25N5O2. The van der Waals surface area contributed by atoms with E-state index < -0.39 is 0 Å². The summed E-state index contributed by atoms with van der Waals surface area (Å²) >= 11 is 0. The van der Waals surface area contributed by atoms with Gasteiger partial charge >= 0.3 is 0 Å². The lowest BCUT2D eigenvalue weighted by Crippen LogP contribution is -2.44. The molecule has 2 aromatic rings. The molecule has 1 N–H and O–H groups in total. The largest absolute Gasteiger partial charge is 0.377 e. The number of aromatic nitrogens is 3. The molecule has 2 aromatic heterocycles. The average molecular weight is 343 g/mol. The van der Waals surface area contributed by atoms with Crippen LogP contribution in [0.15, 0.2) is 29.3 Å². The average Bonchev–Trinajstić information content (AvgIpc) is 3.23. The van der Waals surface area contributed by atoms with Crippen molar-refractivity contribution in [3.63, 3.8) is 0 Å². The van der Waals surface area contributed by atoms with Crippen LogP contribution in [0.1, 0.15) is 31.4 Å². The van der Waals surface area contributed by atoms with Crippen molar-refractivity contribution in [1.29, 1.82) is 0 Å². The lowest BCUT2D eigenvalue weighted by atomic mass is 10.1. The first-order valence-corrected chi connectivity index (χ1v) is 8.96. The smallest absolute Gasteiger partial charge is 0.251 e. The van der Waals surface area contributed by atoms with E-state index in [0.717, 1.165) is 37.4 Å². The summed E-state index contributed by atoms with van der Waals surface area (Å²) in [7, 11) is 1.94. The summed E-state index contributed by atoms with van der Waals surface area (Å²) in [6.45, 7) is 5.29. The van der Waals surface area contributed by atoms with E-state index >= 15 is 0 Å². The fourth-order valence-electron chi connectivity index (χ4n) is 3.96. The molecule has 0 saturated carbocycles. The second-order valence-electron chi connectivity index (χ2n) is 7.00. The van der Waals surface area contributed by atoms with Crippen LogP contribution in [0.3, 0.4) is 0 Å². The molecule has 4 heterocycles. The van der Waals surface area contributed by atoms with Crippen LogP contribution in [-0.4, -0.2) is 47.1 Å².